The van der Waals surface area contributed by atoms with Gasteiger partial charge in [0.05, 0.1) is 5.56 Å². The van der Waals surface area contributed by atoms with Crippen molar-refractivity contribution in [2.75, 3.05) is 11.1 Å². The van der Waals surface area contributed by atoms with Gasteiger partial charge in [0, 0.05) is 17.4 Å². The quantitative estimate of drug-likeness (QED) is 0.563. The van der Waals surface area contributed by atoms with E-state index >= 15 is 0 Å². The highest BCUT2D eigenvalue weighted by atomic mass is 14.9. The molecule has 3 heteroatoms. The summed E-state index contributed by atoms with van der Waals surface area (Å²) < 4.78 is 0. The van der Waals surface area contributed by atoms with E-state index in [2.05, 4.69) is 11.9 Å². The summed E-state index contributed by atoms with van der Waals surface area (Å²) in [6, 6.07) is 7.50. The van der Waals surface area contributed by atoms with E-state index in [1.165, 1.54) is 0 Å². The lowest BCUT2D eigenvalue weighted by Crippen LogP contribution is -2.11. The molecule has 3 N–H and O–H groups in total. The van der Waals surface area contributed by atoms with Crippen LogP contribution in [0.15, 0.2) is 30.9 Å². The van der Waals surface area contributed by atoms with Gasteiger partial charge in [-0.1, -0.05) is 6.08 Å². The zero-order chi connectivity index (χ0) is 10.6. The second kappa shape index (κ2) is 4.33. The number of hydrogen-bond acceptors (Lipinski definition) is 3. The Morgan fingerprint density at radius 1 is 1.64 bits per heavy atom. The second-order valence-corrected chi connectivity index (χ2v) is 3.08. The van der Waals surface area contributed by atoms with Crippen LogP contribution in [0.25, 0.3) is 0 Å². The van der Waals surface area contributed by atoms with Gasteiger partial charge in [-0.05, 0) is 25.1 Å². The molecule has 1 atom stereocenters. The minimum absolute atomic E-state index is 0.171. The molecule has 1 unspecified atom stereocenters. The third-order valence-corrected chi connectivity index (χ3v) is 1.92. The van der Waals surface area contributed by atoms with Gasteiger partial charge < -0.3 is 11.1 Å². The van der Waals surface area contributed by atoms with E-state index in [-0.39, 0.29) is 6.04 Å². The number of hydrogen-bond donors (Lipinski definition) is 2. The Labute approximate surface area is 83.8 Å². The lowest BCUT2D eigenvalue weighted by atomic mass is 10.1. The van der Waals surface area contributed by atoms with Gasteiger partial charge in [-0.2, -0.15) is 5.26 Å². The first-order valence-electron chi connectivity index (χ1n) is 4.36. The summed E-state index contributed by atoms with van der Waals surface area (Å²) in [7, 11) is 0. The van der Waals surface area contributed by atoms with Crippen molar-refractivity contribution in [3.8, 4) is 6.07 Å². The third-order valence-electron chi connectivity index (χ3n) is 1.92. The van der Waals surface area contributed by atoms with E-state index in [1.54, 1.807) is 18.2 Å². The number of anilines is 2. The Morgan fingerprint density at radius 3 is 2.93 bits per heavy atom. The van der Waals surface area contributed by atoms with Crippen LogP contribution in [-0.4, -0.2) is 6.04 Å². The number of nitriles is 1. The number of rotatable bonds is 3. The van der Waals surface area contributed by atoms with Gasteiger partial charge in [0.2, 0.25) is 0 Å². The molecule has 0 amide bonds. The molecule has 72 valence electrons. The molecule has 0 spiro atoms. The normalized spacial score (nSPS) is 11.4. The van der Waals surface area contributed by atoms with Crippen molar-refractivity contribution >= 4 is 11.4 Å². The summed E-state index contributed by atoms with van der Waals surface area (Å²) in [5.41, 5.74) is 7.47. The van der Waals surface area contributed by atoms with Crippen LogP contribution in [0.1, 0.15) is 12.5 Å². The van der Waals surface area contributed by atoms with E-state index in [0.29, 0.717) is 11.3 Å². The molecule has 0 aliphatic heterocycles. The van der Waals surface area contributed by atoms with Crippen molar-refractivity contribution in [3.63, 3.8) is 0 Å². The van der Waals surface area contributed by atoms with Crippen LogP contribution in [0.3, 0.4) is 0 Å². The highest BCUT2D eigenvalue weighted by Crippen LogP contribution is 2.17. The molecule has 0 radical (unpaired) electrons. The molecule has 0 aromatic heterocycles. The van der Waals surface area contributed by atoms with Crippen molar-refractivity contribution in [2.45, 2.75) is 13.0 Å². The highest BCUT2D eigenvalue weighted by molar-refractivity contribution is 5.62. The number of benzene rings is 1. The van der Waals surface area contributed by atoms with Crippen LogP contribution in [0.4, 0.5) is 11.4 Å². The van der Waals surface area contributed by atoms with Gasteiger partial charge >= 0.3 is 0 Å². The number of nitrogens with two attached hydrogens (primary N) is 1. The lowest BCUT2D eigenvalue weighted by molar-refractivity contribution is 1.00. The largest absolute Gasteiger partial charge is 0.398 e. The maximum absolute atomic E-state index is 8.76. The first-order valence-corrected chi connectivity index (χ1v) is 4.36. The molecule has 0 saturated heterocycles. The minimum atomic E-state index is 0.171. The van der Waals surface area contributed by atoms with Gasteiger partial charge in [-0.25, -0.2) is 0 Å². The van der Waals surface area contributed by atoms with E-state index in [0.717, 1.165) is 5.69 Å². The van der Waals surface area contributed by atoms with Crippen molar-refractivity contribution in [1.82, 2.24) is 0 Å². The maximum Gasteiger partial charge on any atom is 0.101 e. The summed E-state index contributed by atoms with van der Waals surface area (Å²) in [6.07, 6.45) is 1.79. The Hall–Kier alpha value is -1.95. The van der Waals surface area contributed by atoms with Crippen LogP contribution in [-0.2, 0) is 0 Å². The molecule has 1 aromatic rings. The summed E-state index contributed by atoms with van der Waals surface area (Å²) in [5.74, 6) is 0. The van der Waals surface area contributed by atoms with Crippen molar-refractivity contribution < 1.29 is 0 Å². The SMILES string of the molecule is C=CC(C)Nc1ccc(N)c(C#N)c1. The summed E-state index contributed by atoms with van der Waals surface area (Å²) in [4.78, 5) is 0. The van der Waals surface area contributed by atoms with E-state index in [4.69, 9.17) is 11.0 Å². The van der Waals surface area contributed by atoms with Crippen LogP contribution < -0.4 is 11.1 Å². The van der Waals surface area contributed by atoms with Gasteiger partial charge in [0.25, 0.3) is 0 Å². The van der Waals surface area contributed by atoms with Crippen LogP contribution >= 0.6 is 0 Å². The molecule has 3 nitrogen and oxygen atoms in total. The van der Waals surface area contributed by atoms with Gasteiger partial charge in [-0.3, -0.25) is 0 Å². The molecule has 0 saturated carbocycles. The Kier molecular flexibility index (Phi) is 3.14. The molecule has 14 heavy (non-hydrogen) atoms. The predicted molar refractivity (Wildman–Crippen MR) is 58.9 cm³/mol. The summed E-state index contributed by atoms with van der Waals surface area (Å²) in [5, 5.41) is 11.9. The molecule has 0 aliphatic rings. The zero-order valence-corrected chi connectivity index (χ0v) is 8.12. The van der Waals surface area contributed by atoms with Gasteiger partial charge in [-0.15, -0.1) is 6.58 Å². The van der Waals surface area contributed by atoms with Crippen LogP contribution in [0, 0.1) is 11.3 Å². The molecule has 1 rings (SSSR count). The first-order chi connectivity index (χ1) is 6.67. The fraction of sp³-hybridized carbons (Fsp3) is 0.182. The van der Waals surface area contributed by atoms with Gasteiger partial charge in [0.1, 0.15) is 6.07 Å². The number of nitrogen functional groups attached to an aromatic ring is 1. The highest BCUT2D eigenvalue weighted by Gasteiger charge is 2.01. The predicted octanol–water partition coefficient (Wildman–Crippen LogP) is 2.13. The number of nitrogens with zero attached hydrogens (tertiary/aromatic N) is 1. The van der Waals surface area contributed by atoms with Crippen molar-refractivity contribution in [1.29, 1.82) is 5.26 Å². The third kappa shape index (κ3) is 2.27. The zero-order valence-electron chi connectivity index (χ0n) is 8.12. The monoisotopic (exact) mass is 187 g/mol. The fourth-order valence-electron chi connectivity index (χ4n) is 1.06. The van der Waals surface area contributed by atoms with Crippen LogP contribution in [0.2, 0.25) is 0 Å². The molecule has 0 aliphatic carbocycles. The molecule has 0 fully saturated rings. The smallest absolute Gasteiger partial charge is 0.101 e. The molecular weight excluding hydrogens is 174 g/mol. The average Bonchev–Trinajstić information content (AvgIpc) is 2.20. The lowest BCUT2D eigenvalue weighted by Gasteiger charge is -2.11. The number of nitrogens with one attached hydrogen (secondary N) is 1. The maximum atomic E-state index is 8.76. The standard InChI is InChI=1S/C11H13N3/c1-3-8(2)14-10-4-5-11(13)9(6-10)7-12/h3-6,8,14H,1,13H2,2H3. The van der Waals surface area contributed by atoms with Crippen molar-refractivity contribution in [2.24, 2.45) is 0 Å². The molecular formula is C11H13N3. The van der Waals surface area contributed by atoms with Gasteiger partial charge in [0.15, 0.2) is 0 Å². The van der Waals surface area contributed by atoms with E-state index in [9.17, 15) is 0 Å². The Bertz CT molecular complexity index is 377. The average molecular weight is 187 g/mol. The van der Waals surface area contributed by atoms with Crippen LogP contribution in [0.5, 0.6) is 0 Å². The molecule has 0 heterocycles. The minimum Gasteiger partial charge on any atom is -0.398 e. The topological polar surface area (TPSA) is 61.8 Å². The molecule has 1 aromatic carbocycles. The fourth-order valence-corrected chi connectivity index (χ4v) is 1.06. The Balaban J connectivity index is 2.91. The van der Waals surface area contributed by atoms with E-state index in [1.807, 2.05) is 19.1 Å². The summed E-state index contributed by atoms with van der Waals surface area (Å²) in [6.45, 7) is 5.65. The van der Waals surface area contributed by atoms with E-state index < -0.39 is 0 Å². The van der Waals surface area contributed by atoms with Crippen molar-refractivity contribution in [3.05, 3.63) is 36.4 Å². The first kappa shape index (κ1) is 10.1. The molecule has 0 bridgehead atoms. The summed E-state index contributed by atoms with van der Waals surface area (Å²) >= 11 is 0. The Morgan fingerprint density at radius 2 is 2.36 bits per heavy atom. The second-order valence-electron chi connectivity index (χ2n) is 3.08.